The number of hydrogen-bond donors (Lipinski definition) is 2. The van der Waals surface area contributed by atoms with E-state index in [4.69, 9.17) is 0 Å². The van der Waals surface area contributed by atoms with Gasteiger partial charge in [-0.05, 0) is 52.0 Å². The van der Waals surface area contributed by atoms with Gasteiger partial charge in [0.05, 0.1) is 10.5 Å². The van der Waals surface area contributed by atoms with Crippen LogP contribution in [0.2, 0.25) is 0 Å². The van der Waals surface area contributed by atoms with E-state index in [0.29, 0.717) is 12.1 Å². The van der Waals surface area contributed by atoms with Crippen molar-refractivity contribution in [3.8, 4) is 0 Å². The quantitative estimate of drug-likeness (QED) is 0.758. The second-order valence-electron chi connectivity index (χ2n) is 5.58. The predicted molar refractivity (Wildman–Crippen MR) is 98.0 cm³/mol. The second-order valence-corrected chi connectivity index (χ2v) is 9.17. The summed E-state index contributed by atoms with van der Waals surface area (Å²) < 4.78 is 41.8. The number of anilines is 1. The number of amides is 1. The fraction of sp³-hybridized carbons (Fsp3) is 0.267. The zero-order valence-corrected chi connectivity index (χ0v) is 16.3. The summed E-state index contributed by atoms with van der Waals surface area (Å²) in [5.41, 5.74) is 0.385. The van der Waals surface area contributed by atoms with Crippen LogP contribution in [-0.4, -0.2) is 31.7 Å². The number of carbonyl (C=O) groups excluding carboxylic acids is 1. The largest absolute Gasteiger partial charge is 0.325 e. The summed E-state index contributed by atoms with van der Waals surface area (Å²) in [6.07, 6.45) is 0.296. The van der Waals surface area contributed by atoms with Crippen molar-refractivity contribution in [2.75, 3.05) is 12.4 Å². The van der Waals surface area contributed by atoms with Gasteiger partial charge in [-0.3, -0.25) is 4.79 Å². The molecule has 2 atom stereocenters. The fourth-order valence-electron chi connectivity index (χ4n) is 2.59. The maximum atomic E-state index is 13.3. The van der Waals surface area contributed by atoms with Gasteiger partial charge in [-0.1, -0.05) is 6.07 Å². The third kappa shape index (κ3) is 3.93. The van der Waals surface area contributed by atoms with E-state index in [2.05, 4.69) is 26.0 Å². The number of nitrogens with one attached hydrogen (secondary N) is 2. The van der Waals surface area contributed by atoms with Crippen molar-refractivity contribution in [2.24, 2.45) is 0 Å². The van der Waals surface area contributed by atoms with Gasteiger partial charge in [0.25, 0.3) is 10.2 Å². The van der Waals surface area contributed by atoms with Crippen molar-refractivity contribution in [3.05, 3.63) is 50.9 Å². The molecular weight excluding hydrogens is 433 g/mol. The van der Waals surface area contributed by atoms with Gasteiger partial charge in [0.2, 0.25) is 5.91 Å². The molecule has 1 amide bonds. The molecule has 6 nitrogen and oxygen atoms in total. The van der Waals surface area contributed by atoms with Crippen LogP contribution in [0.3, 0.4) is 0 Å². The van der Waals surface area contributed by atoms with E-state index in [1.54, 1.807) is 0 Å². The molecule has 0 unspecified atom stereocenters. The van der Waals surface area contributed by atoms with Crippen LogP contribution in [0.25, 0.3) is 0 Å². The Bertz CT molecular complexity index is 889. The van der Waals surface area contributed by atoms with Gasteiger partial charge in [0, 0.05) is 17.6 Å². The van der Waals surface area contributed by atoms with Crippen LogP contribution in [0.5, 0.6) is 0 Å². The smallest absolute Gasteiger partial charge is 0.280 e. The molecule has 0 bridgehead atoms. The maximum Gasteiger partial charge on any atom is 0.280 e. The number of benzene rings is 1. The second kappa shape index (κ2) is 7.12. The summed E-state index contributed by atoms with van der Waals surface area (Å²) >= 11 is 4.48. The Morgan fingerprint density at radius 2 is 2.20 bits per heavy atom. The number of hydrogen-bond acceptors (Lipinski definition) is 4. The molecule has 1 aliphatic rings. The summed E-state index contributed by atoms with van der Waals surface area (Å²) in [6.45, 7) is 0. The highest BCUT2D eigenvalue weighted by Gasteiger charge is 2.40. The van der Waals surface area contributed by atoms with Crippen molar-refractivity contribution < 1.29 is 17.6 Å². The summed E-state index contributed by atoms with van der Waals surface area (Å²) in [5, 5.41) is 4.50. The number of likely N-dealkylation sites (N-methyl/N-ethyl adjacent to an activating group) is 1. The van der Waals surface area contributed by atoms with E-state index >= 15 is 0 Å². The van der Waals surface area contributed by atoms with E-state index < -0.39 is 34.0 Å². The monoisotopic (exact) mass is 447 g/mol. The molecule has 0 spiro atoms. The lowest BCUT2D eigenvalue weighted by molar-refractivity contribution is -0.120. The third-order valence-corrected chi connectivity index (χ3v) is 7.13. The van der Waals surface area contributed by atoms with E-state index in [1.807, 2.05) is 17.5 Å². The van der Waals surface area contributed by atoms with Gasteiger partial charge < -0.3 is 5.32 Å². The van der Waals surface area contributed by atoms with Gasteiger partial charge in [0.1, 0.15) is 11.9 Å². The molecule has 2 heterocycles. The molecule has 1 saturated heterocycles. The van der Waals surface area contributed by atoms with Gasteiger partial charge in [-0.25, -0.2) is 4.39 Å². The standard InChI is InChI=1S/C15H15BrFN3O3S2/c1-20-13(15(21)18-9-4-5-11(17)10(16)7-9)8-12(19-25(20,22)23)14-3-2-6-24-14/h2-7,12-13,19H,8H2,1H3,(H,18,21)/t12-,13+/m1/s1. The lowest BCUT2D eigenvalue weighted by Crippen LogP contribution is -2.55. The molecule has 2 N–H and O–H groups in total. The highest BCUT2D eigenvalue weighted by atomic mass is 79.9. The molecule has 1 aromatic heterocycles. The van der Waals surface area contributed by atoms with E-state index in [-0.39, 0.29) is 4.47 Å². The van der Waals surface area contributed by atoms with Crippen molar-refractivity contribution in [1.29, 1.82) is 0 Å². The highest BCUT2D eigenvalue weighted by molar-refractivity contribution is 9.10. The van der Waals surface area contributed by atoms with Crippen molar-refractivity contribution in [3.63, 3.8) is 0 Å². The summed E-state index contributed by atoms with van der Waals surface area (Å²) in [5.74, 6) is -0.912. The molecule has 0 saturated carbocycles. The van der Waals surface area contributed by atoms with Crippen LogP contribution in [-0.2, 0) is 15.0 Å². The maximum absolute atomic E-state index is 13.3. The minimum atomic E-state index is -3.78. The van der Waals surface area contributed by atoms with Gasteiger partial charge in [-0.15, -0.1) is 11.3 Å². The SMILES string of the molecule is CN1[C@H](C(=O)Nc2ccc(F)c(Br)c2)C[C@H](c2cccs2)NS1(=O)=O. The molecule has 1 aliphatic heterocycles. The molecule has 134 valence electrons. The molecule has 2 aromatic rings. The molecule has 25 heavy (non-hydrogen) atoms. The Morgan fingerprint density at radius 3 is 2.84 bits per heavy atom. The molecule has 1 aromatic carbocycles. The number of carbonyl (C=O) groups is 1. The first-order valence-corrected chi connectivity index (χ1v) is 10.4. The normalized spacial score (nSPS) is 23.3. The first-order chi connectivity index (χ1) is 11.8. The first-order valence-electron chi connectivity index (χ1n) is 7.32. The van der Waals surface area contributed by atoms with Crippen molar-refractivity contribution >= 4 is 49.1 Å². The first kappa shape index (κ1) is 18.5. The van der Waals surface area contributed by atoms with Crippen LogP contribution in [0.15, 0.2) is 40.2 Å². The third-order valence-electron chi connectivity index (χ3n) is 3.94. The van der Waals surface area contributed by atoms with E-state index in [9.17, 15) is 17.6 Å². The van der Waals surface area contributed by atoms with E-state index in [0.717, 1.165) is 9.18 Å². The number of nitrogens with zero attached hydrogens (tertiary/aromatic N) is 1. The number of thiophene rings is 1. The Kier molecular flexibility index (Phi) is 5.26. The van der Waals surface area contributed by atoms with Gasteiger partial charge >= 0.3 is 0 Å². The lowest BCUT2D eigenvalue weighted by Gasteiger charge is -2.35. The Labute approximate surface area is 157 Å². The van der Waals surface area contributed by atoms with Crippen LogP contribution in [0.1, 0.15) is 17.3 Å². The fourth-order valence-corrected chi connectivity index (χ4v) is 5.10. The Balaban J connectivity index is 1.83. The predicted octanol–water partition coefficient (Wildman–Crippen LogP) is 2.87. The molecule has 10 heteroatoms. The van der Waals surface area contributed by atoms with Crippen LogP contribution in [0, 0.1) is 5.82 Å². The molecule has 0 aliphatic carbocycles. The number of rotatable bonds is 3. The van der Waals surface area contributed by atoms with Gasteiger partial charge in [-0.2, -0.15) is 17.4 Å². The summed E-state index contributed by atoms with van der Waals surface area (Å²) in [4.78, 5) is 13.5. The summed E-state index contributed by atoms with van der Waals surface area (Å²) in [6, 6.07) is 6.40. The van der Waals surface area contributed by atoms with Crippen LogP contribution >= 0.6 is 27.3 Å². The average Bonchev–Trinajstić information content (AvgIpc) is 3.07. The van der Waals surface area contributed by atoms with Crippen LogP contribution in [0.4, 0.5) is 10.1 Å². The molecular formula is C15H15BrFN3O3S2. The minimum Gasteiger partial charge on any atom is -0.325 e. The zero-order chi connectivity index (χ0) is 18.2. The van der Waals surface area contributed by atoms with E-state index in [1.165, 1.54) is 36.6 Å². The van der Waals surface area contributed by atoms with Crippen LogP contribution < -0.4 is 10.0 Å². The Hall–Kier alpha value is -1.33. The van der Waals surface area contributed by atoms with Crippen molar-refractivity contribution in [1.82, 2.24) is 9.03 Å². The average molecular weight is 448 g/mol. The molecule has 1 fully saturated rings. The molecule has 3 rings (SSSR count). The van der Waals surface area contributed by atoms with Crippen molar-refractivity contribution in [2.45, 2.75) is 18.5 Å². The topological polar surface area (TPSA) is 78.5 Å². The minimum absolute atomic E-state index is 0.216. The highest BCUT2D eigenvalue weighted by Crippen LogP contribution is 2.31. The molecule has 0 radical (unpaired) electrons. The lowest BCUT2D eigenvalue weighted by atomic mass is 10.1. The number of halogens is 2. The van der Waals surface area contributed by atoms with Gasteiger partial charge in [0.15, 0.2) is 0 Å². The summed E-state index contributed by atoms with van der Waals surface area (Å²) in [7, 11) is -2.42. The zero-order valence-electron chi connectivity index (χ0n) is 13.1. The Morgan fingerprint density at radius 1 is 1.44 bits per heavy atom.